The van der Waals surface area contributed by atoms with E-state index in [2.05, 4.69) is 21.0 Å². The maximum atomic E-state index is 6.11. The molecule has 4 heterocycles. The van der Waals surface area contributed by atoms with Crippen molar-refractivity contribution in [3.63, 3.8) is 0 Å². The van der Waals surface area contributed by atoms with Crippen LogP contribution in [0.2, 0.25) is 0 Å². The second kappa shape index (κ2) is 7.41. The van der Waals surface area contributed by atoms with E-state index < -0.39 is 0 Å². The zero-order chi connectivity index (χ0) is 16.6. The van der Waals surface area contributed by atoms with E-state index in [0.717, 1.165) is 6.04 Å². The summed E-state index contributed by atoms with van der Waals surface area (Å²) in [6, 6.07) is 1.58. The summed E-state index contributed by atoms with van der Waals surface area (Å²) in [7, 11) is 0. The van der Waals surface area contributed by atoms with E-state index in [1.54, 1.807) is 0 Å². The molecule has 6 unspecified atom stereocenters. The number of nitrogens with zero attached hydrogens (tertiary/aromatic N) is 1. The first-order chi connectivity index (χ1) is 12.4. The van der Waals surface area contributed by atoms with Crippen molar-refractivity contribution in [2.24, 2.45) is 5.92 Å². The highest BCUT2D eigenvalue weighted by molar-refractivity contribution is 4.86. The highest BCUT2D eigenvalue weighted by Crippen LogP contribution is 2.24. The fourth-order valence-corrected chi connectivity index (χ4v) is 6.05. The maximum absolute atomic E-state index is 6.11. The molecule has 5 N–H and O–H groups in total. The van der Waals surface area contributed by atoms with Crippen molar-refractivity contribution in [3.05, 3.63) is 0 Å². The summed E-state index contributed by atoms with van der Waals surface area (Å²) < 4.78 is 0. The number of likely N-dealkylation sites (tertiary alicyclic amines) is 2. The van der Waals surface area contributed by atoms with Gasteiger partial charge in [-0.2, -0.15) is 5.48 Å². The Bertz CT molecular complexity index is 453. The zero-order valence-electron chi connectivity index (χ0n) is 15.6. The summed E-state index contributed by atoms with van der Waals surface area (Å²) in [6.45, 7) is 5.23. The van der Waals surface area contributed by atoms with Crippen LogP contribution in [0, 0.1) is 5.92 Å². The second-order valence-corrected chi connectivity index (χ2v) is 9.12. The number of hydrogen-bond acceptors (Lipinski definition) is 4. The molecule has 0 radical (unpaired) electrons. The van der Waals surface area contributed by atoms with E-state index >= 15 is 0 Å². The van der Waals surface area contributed by atoms with Gasteiger partial charge in [-0.1, -0.05) is 0 Å². The van der Waals surface area contributed by atoms with Crippen molar-refractivity contribution in [1.29, 1.82) is 0 Å². The molecule has 6 heteroatoms. The molecular weight excluding hydrogens is 314 g/mol. The molecule has 6 nitrogen and oxygen atoms in total. The van der Waals surface area contributed by atoms with Crippen LogP contribution in [0.15, 0.2) is 0 Å². The number of nitrogens with two attached hydrogens (primary N) is 1. The third-order valence-electron chi connectivity index (χ3n) is 7.72. The van der Waals surface area contributed by atoms with E-state index in [-0.39, 0.29) is 6.23 Å². The molecule has 25 heavy (non-hydrogen) atoms. The van der Waals surface area contributed by atoms with Gasteiger partial charge in [-0.05, 0) is 32.1 Å². The second-order valence-electron chi connectivity index (χ2n) is 9.12. The lowest BCUT2D eigenvalue weighted by atomic mass is 9.90. The van der Waals surface area contributed by atoms with Gasteiger partial charge in [-0.15, -0.1) is 0 Å². The molecule has 5 rings (SSSR count). The summed E-state index contributed by atoms with van der Waals surface area (Å²) in [4.78, 5) is 10.6. The lowest BCUT2D eigenvalue weighted by molar-refractivity contribution is -0.946. The molecular formula is C19H37N5O+2. The van der Waals surface area contributed by atoms with Gasteiger partial charge in [0.15, 0.2) is 6.23 Å². The third kappa shape index (κ3) is 3.37. The number of hydroxylamine groups is 1. The SMILES string of the molecule is C1CC([NH+]2CCCC2C2NC(C3CC[NH2+]C(N4CCCC4)C3)NO2)C1. The Hall–Kier alpha value is -0.240. The maximum Gasteiger partial charge on any atom is 0.183 e. The summed E-state index contributed by atoms with van der Waals surface area (Å²) in [5, 5.41) is 6.44. The van der Waals surface area contributed by atoms with Crippen LogP contribution in [-0.2, 0) is 4.84 Å². The molecule has 0 aromatic rings. The molecule has 142 valence electrons. The third-order valence-corrected chi connectivity index (χ3v) is 7.72. The minimum atomic E-state index is 0.222. The molecule has 1 saturated carbocycles. The van der Waals surface area contributed by atoms with Crippen LogP contribution in [0.5, 0.6) is 0 Å². The molecule has 0 aromatic carbocycles. The number of quaternary nitrogens is 2. The molecule has 0 amide bonds. The predicted octanol–water partition coefficient (Wildman–Crippen LogP) is -1.24. The Morgan fingerprint density at radius 1 is 1.00 bits per heavy atom. The minimum absolute atomic E-state index is 0.222. The quantitative estimate of drug-likeness (QED) is 0.512. The summed E-state index contributed by atoms with van der Waals surface area (Å²) in [5.41, 5.74) is 3.40. The molecule has 1 aliphatic carbocycles. The first-order valence-corrected chi connectivity index (χ1v) is 11.0. The van der Waals surface area contributed by atoms with Crippen molar-refractivity contribution >= 4 is 0 Å². The first kappa shape index (κ1) is 16.9. The molecule has 0 bridgehead atoms. The topological polar surface area (TPSA) is 57.6 Å². The van der Waals surface area contributed by atoms with Gasteiger partial charge in [-0.25, -0.2) is 0 Å². The predicted molar refractivity (Wildman–Crippen MR) is 95.5 cm³/mol. The Labute approximate surface area is 152 Å². The largest absolute Gasteiger partial charge is 0.331 e. The monoisotopic (exact) mass is 351 g/mol. The fraction of sp³-hybridized carbons (Fsp3) is 1.00. The van der Waals surface area contributed by atoms with Crippen LogP contribution in [0.1, 0.15) is 57.8 Å². The Morgan fingerprint density at radius 3 is 2.68 bits per heavy atom. The van der Waals surface area contributed by atoms with Crippen LogP contribution in [-0.4, -0.2) is 61.7 Å². The van der Waals surface area contributed by atoms with Gasteiger partial charge in [0.1, 0.15) is 12.2 Å². The normalized spacial score (nSPS) is 46.6. The molecule has 0 spiro atoms. The zero-order valence-corrected chi connectivity index (χ0v) is 15.6. The van der Waals surface area contributed by atoms with Crippen LogP contribution >= 0.6 is 0 Å². The van der Waals surface area contributed by atoms with Gasteiger partial charge in [-0.3, -0.25) is 15.1 Å². The standard InChI is InChI=1S/C19H35N5O/c1-2-11-23(10-1)17-13-14(8-9-20-17)18-21-19(25-22-18)16-7-4-12-24(16)15-5-3-6-15/h14-22H,1-13H2/p+2. The fourth-order valence-electron chi connectivity index (χ4n) is 6.05. The van der Waals surface area contributed by atoms with E-state index in [4.69, 9.17) is 4.84 Å². The molecule has 0 aromatic heterocycles. The smallest absolute Gasteiger partial charge is 0.183 e. The van der Waals surface area contributed by atoms with Gasteiger partial charge in [0.2, 0.25) is 0 Å². The molecule has 5 fully saturated rings. The first-order valence-electron chi connectivity index (χ1n) is 11.0. The highest BCUT2D eigenvalue weighted by Gasteiger charge is 2.47. The average molecular weight is 352 g/mol. The number of rotatable bonds is 4. The number of hydrogen-bond donors (Lipinski definition) is 4. The molecule has 6 atom stereocenters. The highest BCUT2D eigenvalue weighted by atomic mass is 16.7. The molecule has 4 aliphatic heterocycles. The van der Waals surface area contributed by atoms with E-state index in [1.807, 2.05) is 4.90 Å². The molecule has 5 aliphatic rings. The van der Waals surface area contributed by atoms with Crippen molar-refractivity contribution < 1.29 is 15.1 Å². The van der Waals surface area contributed by atoms with E-state index in [1.165, 1.54) is 84.0 Å². The Balaban J connectivity index is 1.17. The van der Waals surface area contributed by atoms with Crippen molar-refractivity contribution in [3.8, 4) is 0 Å². The van der Waals surface area contributed by atoms with E-state index in [0.29, 0.717) is 24.3 Å². The Kier molecular flexibility index (Phi) is 5.01. The molecule has 4 saturated heterocycles. The van der Waals surface area contributed by atoms with Gasteiger partial charge < -0.3 is 10.2 Å². The van der Waals surface area contributed by atoms with Crippen LogP contribution in [0.3, 0.4) is 0 Å². The van der Waals surface area contributed by atoms with Gasteiger partial charge in [0.05, 0.1) is 25.3 Å². The number of piperidine rings is 1. The lowest BCUT2D eigenvalue weighted by Crippen LogP contribution is -3.19. The lowest BCUT2D eigenvalue weighted by Gasteiger charge is -2.37. The van der Waals surface area contributed by atoms with Crippen LogP contribution in [0.25, 0.3) is 0 Å². The Morgan fingerprint density at radius 2 is 1.88 bits per heavy atom. The van der Waals surface area contributed by atoms with E-state index in [9.17, 15) is 0 Å². The van der Waals surface area contributed by atoms with Crippen LogP contribution in [0.4, 0.5) is 0 Å². The van der Waals surface area contributed by atoms with Crippen molar-refractivity contribution in [2.45, 2.75) is 88.4 Å². The van der Waals surface area contributed by atoms with Crippen molar-refractivity contribution in [2.75, 3.05) is 26.2 Å². The van der Waals surface area contributed by atoms with Crippen LogP contribution < -0.4 is 21.0 Å². The summed E-state index contributed by atoms with van der Waals surface area (Å²) in [6.07, 6.45) is 13.7. The van der Waals surface area contributed by atoms with Gasteiger partial charge in [0.25, 0.3) is 0 Å². The summed E-state index contributed by atoms with van der Waals surface area (Å²) >= 11 is 0. The van der Waals surface area contributed by atoms with Gasteiger partial charge in [0, 0.05) is 44.7 Å². The van der Waals surface area contributed by atoms with Crippen molar-refractivity contribution in [1.82, 2.24) is 15.7 Å². The summed E-state index contributed by atoms with van der Waals surface area (Å²) in [5.74, 6) is 0.703. The number of nitrogens with one attached hydrogen (secondary N) is 3. The van der Waals surface area contributed by atoms with Gasteiger partial charge >= 0.3 is 0 Å². The average Bonchev–Trinajstić information content (AvgIpc) is 3.34. The minimum Gasteiger partial charge on any atom is -0.331 e.